The van der Waals surface area contributed by atoms with E-state index in [9.17, 15) is 4.79 Å². The van der Waals surface area contributed by atoms with Gasteiger partial charge in [0.15, 0.2) is 0 Å². The van der Waals surface area contributed by atoms with Crippen LogP contribution in [0.5, 0.6) is 5.75 Å². The van der Waals surface area contributed by atoms with Crippen LogP contribution in [0.3, 0.4) is 0 Å². The third kappa shape index (κ3) is 3.03. The van der Waals surface area contributed by atoms with Gasteiger partial charge in [0.05, 0.1) is 12.7 Å². The fraction of sp³-hybridized carbons (Fsp3) is 0.696. The molecule has 2 N–H and O–H groups in total. The molecule has 1 saturated heterocycles. The Kier molecular flexibility index (Phi) is 5.17. The first-order valence-electron chi connectivity index (χ1n) is 10.7. The number of benzene rings is 1. The smallest absolute Gasteiger partial charge is 0.219 e. The zero-order chi connectivity index (χ0) is 19.9. The maximum atomic E-state index is 12.3. The molecule has 1 aliphatic heterocycles. The molecule has 1 aromatic carbocycles. The predicted octanol–water partition coefficient (Wildman–Crippen LogP) is 3.47. The second-order valence-corrected chi connectivity index (χ2v) is 9.33. The second-order valence-electron chi connectivity index (χ2n) is 9.33. The van der Waals surface area contributed by atoms with Gasteiger partial charge in [-0.2, -0.15) is 0 Å². The third-order valence-corrected chi connectivity index (χ3v) is 7.70. The Morgan fingerprint density at radius 2 is 2.07 bits per heavy atom. The van der Waals surface area contributed by atoms with Gasteiger partial charge in [-0.25, -0.2) is 0 Å². The number of carbonyl (C=O) groups excluding carboxylic acids is 1. The maximum Gasteiger partial charge on any atom is 0.219 e. The van der Waals surface area contributed by atoms with Crippen molar-refractivity contribution < 1.29 is 19.4 Å². The second kappa shape index (κ2) is 7.34. The fourth-order valence-corrected chi connectivity index (χ4v) is 6.30. The highest BCUT2D eigenvalue weighted by atomic mass is 16.5. The lowest BCUT2D eigenvalue weighted by Crippen LogP contribution is -2.58. The molecule has 3 fully saturated rings. The van der Waals surface area contributed by atoms with Gasteiger partial charge in [0.1, 0.15) is 12.4 Å². The summed E-state index contributed by atoms with van der Waals surface area (Å²) in [7, 11) is 0. The Bertz CT molecular complexity index is 716. The predicted molar refractivity (Wildman–Crippen MR) is 107 cm³/mol. The number of ether oxygens (including phenoxy) is 2. The highest BCUT2D eigenvalue weighted by Gasteiger charge is 2.68. The summed E-state index contributed by atoms with van der Waals surface area (Å²) in [6, 6.07) is 8.32. The zero-order valence-corrected chi connectivity index (χ0v) is 17.2. The largest absolute Gasteiger partial charge is 0.491 e. The zero-order valence-electron chi connectivity index (χ0n) is 17.2. The molecule has 3 aliphatic rings. The van der Waals surface area contributed by atoms with Crippen molar-refractivity contribution in [3.63, 3.8) is 0 Å². The number of rotatable bonds is 6. The van der Waals surface area contributed by atoms with E-state index >= 15 is 0 Å². The van der Waals surface area contributed by atoms with Gasteiger partial charge in [-0.05, 0) is 59.6 Å². The van der Waals surface area contributed by atoms with Crippen LogP contribution in [0.1, 0.15) is 58.1 Å². The van der Waals surface area contributed by atoms with E-state index in [1.807, 2.05) is 19.1 Å². The minimum atomic E-state index is 0.0140. The van der Waals surface area contributed by atoms with E-state index in [2.05, 4.69) is 31.3 Å². The molecule has 2 saturated carbocycles. The molecule has 0 aromatic heterocycles. The summed E-state index contributed by atoms with van der Waals surface area (Å²) in [5.41, 5.74) is 1.45. The quantitative estimate of drug-likeness (QED) is 0.784. The van der Waals surface area contributed by atoms with E-state index in [1.54, 1.807) is 0 Å². The summed E-state index contributed by atoms with van der Waals surface area (Å²) in [5, 5.41) is 12.3. The van der Waals surface area contributed by atoms with Gasteiger partial charge in [0.2, 0.25) is 5.91 Å². The number of aliphatic hydroxyl groups excluding tert-OH is 1. The molecule has 2 bridgehead atoms. The van der Waals surface area contributed by atoms with Gasteiger partial charge in [-0.1, -0.05) is 32.9 Å². The van der Waals surface area contributed by atoms with Crippen molar-refractivity contribution in [2.24, 2.45) is 22.7 Å². The van der Waals surface area contributed by atoms with E-state index in [-0.39, 0.29) is 35.5 Å². The van der Waals surface area contributed by atoms with Crippen molar-refractivity contribution in [2.75, 3.05) is 19.8 Å². The number of fused-ring (bicyclic) bond motifs is 1. The lowest BCUT2D eigenvalue weighted by molar-refractivity contribution is -0.137. The van der Waals surface area contributed by atoms with E-state index in [0.29, 0.717) is 24.9 Å². The standard InChI is InChI=1S/C23H33NO4/c1-4-19(26)24-21-22(2,3)16-13-18-20(28-11-9-23(18,21)14-16)15-5-7-17(8-6-15)27-12-10-25/h5-8,16,18,20-21,25H,4,9-14H2,1-3H3,(H,24,26)/t16-,18-,20-,21+,23?/m1/s1. The fourth-order valence-electron chi connectivity index (χ4n) is 6.30. The number of hydrogen-bond acceptors (Lipinski definition) is 4. The summed E-state index contributed by atoms with van der Waals surface area (Å²) in [5.74, 6) is 1.99. The monoisotopic (exact) mass is 387 g/mol. The van der Waals surface area contributed by atoms with Crippen molar-refractivity contribution in [1.29, 1.82) is 0 Å². The molecule has 1 amide bonds. The molecule has 5 heteroatoms. The Hall–Kier alpha value is -1.59. The van der Waals surface area contributed by atoms with Crippen LogP contribution >= 0.6 is 0 Å². The van der Waals surface area contributed by atoms with Crippen molar-refractivity contribution >= 4 is 5.91 Å². The molecule has 1 unspecified atom stereocenters. The van der Waals surface area contributed by atoms with Crippen LogP contribution in [0.4, 0.5) is 0 Å². The highest BCUT2D eigenvalue weighted by molar-refractivity contribution is 5.76. The summed E-state index contributed by atoms with van der Waals surface area (Å²) in [4.78, 5) is 12.3. The maximum absolute atomic E-state index is 12.3. The number of amides is 1. The van der Waals surface area contributed by atoms with Crippen LogP contribution in [0.15, 0.2) is 24.3 Å². The van der Waals surface area contributed by atoms with E-state index in [4.69, 9.17) is 14.6 Å². The molecule has 5 nitrogen and oxygen atoms in total. The van der Waals surface area contributed by atoms with Gasteiger partial charge in [0.25, 0.3) is 0 Å². The number of aliphatic hydroxyl groups is 1. The molecule has 1 aromatic rings. The van der Waals surface area contributed by atoms with Crippen LogP contribution < -0.4 is 10.1 Å². The molecule has 28 heavy (non-hydrogen) atoms. The van der Waals surface area contributed by atoms with Gasteiger partial charge in [0, 0.05) is 19.1 Å². The molecule has 0 radical (unpaired) electrons. The van der Waals surface area contributed by atoms with Gasteiger partial charge in [-0.3, -0.25) is 4.79 Å². The van der Waals surface area contributed by atoms with Crippen LogP contribution in [0, 0.1) is 22.7 Å². The Labute approximate surface area is 167 Å². The van der Waals surface area contributed by atoms with Crippen LogP contribution in [-0.2, 0) is 9.53 Å². The van der Waals surface area contributed by atoms with Crippen molar-refractivity contribution in [2.45, 2.75) is 58.6 Å². The van der Waals surface area contributed by atoms with Crippen LogP contribution in [0.2, 0.25) is 0 Å². The summed E-state index contributed by atoms with van der Waals surface area (Å²) in [6.07, 6.45) is 3.99. The molecule has 1 heterocycles. The number of nitrogens with one attached hydrogen (secondary N) is 1. The molecule has 4 rings (SSSR count). The Morgan fingerprint density at radius 3 is 2.75 bits per heavy atom. The first-order chi connectivity index (χ1) is 13.4. The lowest BCUT2D eigenvalue weighted by atomic mass is 9.59. The molecule has 1 spiro atoms. The van der Waals surface area contributed by atoms with E-state index in [1.165, 1.54) is 18.4 Å². The third-order valence-electron chi connectivity index (χ3n) is 7.70. The topological polar surface area (TPSA) is 67.8 Å². The average Bonchev–Trinajstić information content (AvgIpc) is 3.19. The average molecular weight is 388 g/mol. The minimum absolute atomic E-state index is 0.0140. The first-order valence-corrected chi connectivity index (χ1v) is 10.7. The van der Waals surface area contributed by atoms with E-state index in [0.717, 1.165) is 18.8 Å². The van der Waals surface area contributed by atoms with Crippen molar-refractivity contribution in [3.05, 3.63) is 29.8 Å². The van der Waals surface area contributed by atoms with Gasteiger partial charge in [-0.15, -0.1) is 0 Å². The number of carbonyl (C=O) groups is 1. The SMILES string of the molecule is CCC(=O)N[C@H]1C(C)(C)[C@@H]2C[C@@H]3[C@@H](c4ccc(OCCO)cc4)OCCC31C2. The Morgan fingerprint density at radius 1 is 1.32 bits per heavy atom. The van der Waals surface area contributed by atoms with Gasteiger partial charge >= 0.3 is 0 Å². The molecule has 5 atom stereocenters. The summed E-state index contributed by atoms with van der Waals surface area (Å²) in [6.45, 7) is 7.66. The summed E-state index contributed by atoms with van der Waals surface area (Å²) >= 11 is 0. The molecular formula is C23H33NO4. The number of hydrogen-bond donors (Lipinski definition) is 2. The lowest BCUT2D eigenvalue weighted by Gasteiger charge is -2.53. The van der Waals surface area contributed by atoms with Crippen molar-refractivity contribution in [3.8, 4) is 5.75 Å². The molecular weight excluding hydrogens is 354 g/mol. The van der Waals surface area contributed by atoms with Crippen LogP contribution in [-0.4, -0.2) is 36.9 Å². The Balaban J connectivity index is 1.59. The molecule has 154 valence electrons. The van der Waals surface area contributed by atoms with E-state index < -0.39 is 0 Å². The minimum Gasteiger partial charge on any atom is -0.491 e. The summed E-state index contributed by atoms with van der Waals surface area (Å²) < 4.78 is 11.8. The normalized spacial score (nSPS) is 35.4. The highest BCUT2D eigenvalue weighted by Crippen LogP contribution is 2.70. The van der Waals surface area contributed by atoms with Crippen molar-refractivity contribution in [1.82, 2.24) is 5.32 Å². The van der Waals surface area contributed by atoms with Gasteiger partial charge < -0.3 is 19.9 Å². The first kappa shape index (κ1) is 19.7. The van der Waals surface area contributed by atoms with Crippen LogP contribution in [0.25, 0.3) is 0 Å². The molecule has 2 aliphatic carbocycles.